The molecule has 0 radical (unpaired) electrons. The molecule has 302 valence electrons. The summed E-state index contributed by atoms with van der Waals surface area (Å²) in [5, 5.41) is 37.4. The fraction of sp³-hybridized carbons (Fsp3) is 0.366. The molecule has 4 heterocycles. The van der Waals surface area contributed by atoms with Crippen LogP contribution in [0.15, 0.2) is 54.6 Å². The first-order valence-corrected chi connectivity index (χ1v) is 19.2. The summed E-state index contributed by atoms with van der Waals surface area (Å²) in [4.78, 5) is 79.9. The van der Waals surface area contributed by atoms with E-state index in [1.54, 1.807) is 60.4 Å². The maximum absolute atomic E-state index is 13.6. The van der Waals surface area contributed by atoms with Gasteiger partial charge in [-0.3, -0.25) is 39.2 Å². The van der Waals surface area contributed by atoms with Crippen LogP contribution >= 0.6 is 0 Å². The number of likely N-dealkylation sites (tertiary alicyclic amines) is 1. The normalized spacial score (nSPS) is 17.0. The summed E-state index contributed by atoms with van der Waals surface area (Å²) in [6.45, 7) is 7.04. The number of nitrogens with zero attached hydrogens (tertiary/aromatic N) is 5. The topological polar surface area (TPSA) is 225 Å². The number of benzene rings is 3. The van der Waals surface area contributed by atoms with Gasteiger partial charge in [-0.2, -0.15) is 0 Å². The van der Waals surface area contributed by atoms with Crippen LogP contribution in [0.3, 0.4) is 0 Å². The minimum absolute atomic E-state index is 0.00985. The van der Waals surface area contributed by atoms with Crippen molar-refractivity contribution in [1.82, 2.24) is 35.2 Å². The zero-order valence-corrected chi connectivity index (χ0v) is 32.3. The largest absolute Gasteiger partial charge is 0.508 e. The number of hydrogen-bond donors (Lipinski definition) is 5. The number of amides is 6. The van der Waals surface area contributed by atoms with E-state index in [0.29, 0.717) is 66.1 Å². The second-order valence-electron chi connectivity index (χ2n) is 14.9. The molecule has 0 aliphatic carbocycles. The number of aromatic hydroxyl groups is 2. The summed E-state index contributed by atoms with van der Waals surface area (Å²) in [5.41, 5.74) is 3.09. The maximum Gasteiger partial charge on any atom is 0.411 e. The van der Waals surface area contributed by atoms with Gasteiger partial charge in [-0.15, -0.1) is 10.2 Å². The monoisotopic (exact) mass is 792 g/mol. The molecule has 4 aromatic rings. The number of rotatable bonds is 10. The summed E-state index contributed by atoms with van der Waals surface area (Å²) in [5.74, 6) is -2.11. The van der Waals surface area contributed by atoms with Gasteiger partial charge in [-0.05, 0) is 86.1 Å². The highest BCUT2D eigenvalue weighted by atomic mass is 16.5. The number of carbonyl (C=O) groups is 6. The third-order valence-electron chi connectivity index (χ3n) is 10.8. The van der Waals surface area contributed by atoms with Gasteiger partial charge in [-0.1, -0.05) is 19.9 Å². The number of piperidine rings is 2. The third-order valence-corrected chi connectivity index (χ3v) is 10.8. The van der Waals surface area contributed by atoms with Crippen molar-refractivity contribution in [2.45, 2.75) is 65.0 Å². The number of hydrogen-bond acceptors (Lipinski definition) is 11. The van der Waals surface area contributed by atoms with Crippen LogP contribution in [-0.2, 0) is 20.9 Å². The number of aromatic nitrogens is 3. The minimum Gasteiger partial charge on any atom is -0.508 e. The van der Waals surface area contributed by atoms with Gasteiger partial charge < -0.3 is 30.1 Å². The standard InChI is InChI=1S/C41H44N8O9/c1-4-42-38(54)36-46-45-35(28-18-27(22(2)3)32(50)19-33(28)51)49(36)25-10-8-24(9-11-25)39(55)47-16-14-23(15-17-47)21-58-41(57)43-30-7-5-6-26-29(30)20-48(40(26)56)31-12-13-34(52)44-37(31)53/h5-11,18-19,22-23,31,50-51H,4,12-17,20-21H2,1-3H3,(H,42,54)(H,43,57)(H,44,52,53). The predicted molar refractivity (Wildman–Crippen MR) is 208 cm³/mol. The number of carbonyl (C=O) groups excluding carboxylic acids is 6. The molecule has 58 heavy (non-hydrogen) atoms. The van der Waals surface area contributed by atoms with Crippen molar-refractivity contribution >= 4 is 41.3 Å². The van der Waals surface area contributed by atoms with E-state index in [-0.39, 0.29) is 84.3 Å². The van der Waals surface area contributed by atoms with E-state index in [2.05, 4.69) is 26.1 Å². The van der Waals surface area contributed by atoms with E-state index in [4.69, 9.17) is 4.74 Å². The quantitative estimate of drug-likeness (QED) is 0.144. The van der Waals surface area contributed by atoms with Crippen LogP contribution in [0, 0.1) is 5.92 Å². The average Bonchev–Trinajstić information content (AvgIpc) is 3.79. The molecule has 2 saturated heterocycles. The van der Waals surface area contributed by atoms with Crippen molar-refractivity contribution in [3.05, 3.63) is 82.7 Å². The van der Waals surface area contributed by atoms with Gasteiger partial charge >= 0.3 is 6.09 Å². The summed E-state index contributed by atoms with van der Waals surface area (Å²) < 4.78 is 7.06. The van der Waals surface area contributed by atoms with Crippen molar-refractivity contribution in [3.8, 4) is 28.6 Å². The van der Waals surface area contributed by atoms with Gasteiger partial charge in [0.15, 0.2) is 5.82 Å². The molecular weight excluding hydrogens is 748 g/mol. The van der Waals surface area contributed by atoms with Crippen LogP contribution in [-0.4, -0.2) is 103 Å². The van der Waals surface area contributed by atoms with Crippen molar-refractivity contribution < 1.29 is 43.7 Å². The van der Waals surface area contributed by atoms with Gasteiger partial charge in [0.05, 0.1) is 12.2 Å². The first-order valence-electron chi connectivity index (χ1n) is 19.2. The molecule has 6 amide bonds. The lowest BCUT2D eigenvalue weighted by molar-refractivity contribution is -0.136. The zero-order chi connectivity index (χ0) is 41.2. The van der Waals surface area contributed by atoms with E-state index >= 15 is 0 Å². The Balaban J connectivity index is 0.962. The van der Waals surface area contributed by atoms with Gasteiger partial charge in [0.2, 0.25) is 17.6 Å². The highest BCUT2D eigenvalue weighted by molar-refractivity contribution is 6.06. The fourth-order valence-corrected chi connectivity index (χ4v) is 7.61. The number of fused-ring (bicyclic) bond motifs is 1. The molecule has 7 rings (SSSR count). The Morgan fingerprint density at radius 3 is 2.38 bits per heavy atom. The average molecular weight is 793 g/mol. The predicted octanol–water partition coefficient (Wildman–Crippen LogP) is 4.08. The molecule has 0 spiro atoms. The van der Waals surface area contributed by atoms with Crippen LogP contribution in [0.5, 0.6) is 11.5 Å². The lowest BCUT2D eigenvalue weighted by Gasteiger charge is -2.31. The highest BCUT2D eigenvalue weighted by Gasteiger charge is 2.40. The third kappa shape index (κ3) is 7.79. The number of phenols is 2. The molecule has 5 N–H and O–H groups in total. The van der Waals surface area contributed by atoms with Gasteiger partial charge in [0, 0.05) is 66.7 Å². The summed E-state index contributed by atoms with van der Waals surface area (Å²) in [6.07, 6.45) is 0.876. The molecule has 3 aliphatic rings. The lowest BCUT2D eigenvalue weighted by atomic mass is 9.97. The lowest BCUT2D eigenvalue weighted by Crippen LogP contribution is -2.52. The van der Waals surface area contributed by atoms with Crippen LogP contribution in [0.25, 0.3) is 17.1 Å². The van der Waals surface area contributed by atoms with E-state index in [9.17, 15) is 39.0 Å². The molecule has 1 atom stereocenters. The van der Waals surface area contributed by atoms with E-state index in [1.807, 2.05) is 13.8 Å². The van der Waals surface area contributed by atoms with E-state index in [0.717, 1.165) is 0 Å². The second kappa shape index (κ2) is 16.4. The highest BCUT2D eigenvalue weighted by Crippen LogP contribution is 2.38. The Kier molecular flexibility index (Phi) is 11.1. The van der Waals surface area contributed by atoms with Gasteiger partial charge in [-0.25, -0.2) is 4.79 Å². The molecule has 2 fully saturated rings. The number of nitrogens with one attached hydrogen (secondary N) is 3. The second-order valence-corrected chi connectivity index (χ2v) is 14.9. The molecule has 0 bridgehead atoms. The smallest absolute Gasteiger partial charge is 0.411 e. The maximum atomic E-state index is 13.6. The Morgan fingerprint density at radius 1 is 0.948 bits per heavy atom. The van der Waals surface area contributed by atoms with Gasteiger partial charge in [0.25, 0.3) is 17.7 Å². The van der Waals surface area contributed by atoms with Crippen molar-refractivity contribution in [2.75, 3.05) is 31.6 Å². The molecule has 0 saturated carbocycles. The van der Waals surface area contributed by atoms with Crippen molar-refractivity contribution in [1.29, 1.82) is 0 Å². The summed E-state index contributed by atoms with van der Waals surface area (Å²) >= 11 is 0. The first kappa shape index (κ1) is 39.5. The minimum atomic E-state index is -0.775. The summed E-state index contributed by atoms with van der Waals surface area (Å²) in [7, 11) is 0. The number of anilines is 1. The Labute approximate surface area is 333 Å². The van der Waals surface area contributed by atoms with Crippen molar-refractivity contribution in [3.63, 3.8) is 0 Å². The number of imide groups is 1. The fourth-order valence-electron chi connectivity index (χ4n) is 7.61. The molecule has 1 unspecified atom stereocenters. The Morgan fingerprint density at radius 2 is 1.69 bits per heavy atom. The zero-order valence-electron chi connectivity index (χ0n) is 32.3. The molecule has 1 aromatic heterocycles. The van der Waals surface area contributed by atoms with Crippen LogP contribution in [0.2, 0.25) is 0 Å². The Hall–Kier alpha value is -6.78. The van der Waals surface area contributed by atoms with E-state index in [1.165, 1.54) is 15.5 Å². The van der Waals surface area contributed by atoms with Crippen molar-refractivity contribution in [2.24, 2.45) is 5.92 Å². The van der Waals surface area contributed by atoms with Gasteiger partial charge in [0.1, 0.15) is 17.5 Å². The molecule has 17 nitrogen and oxygen atoms in total. The Bertz CT molecular complexity index is 2300. The summed E-state index contributed by atoms with van der Waals surface area (Å²) in [6, 6.07) is 13.7. The SMILES string of the molecule is CCNC(=O)c1nnc(-c2cc(C(C)C)c(O)cc2O)n1-c1ccc(C(=O)N2CCC(COC(=O)Nc3cccc4c3CN(C3CCC(=O)NC3=O)C4=O)CC2)cc1. The molecular formula is C41H44N8O9. The molecule has 3 aromatic carbocycles. The van der Waals surface area contributed by atoms with Crippen LogP contribution in [0.1, 0.15) is 94.8 Å². The first-order chi connectivity index (χ1) is 27.8. The molecule has 3 aliphatic heterocycles. The number of phenolic OH excluding ortho intramolecular Hbond substituents is 2. The van der Waals surface area contributed by atoms with Crippen LogP contribution in [0.4, 0.5) is 10.5 Å². The van der Waals surface area contributed by atoms with Crippen LogP contribution < -0.4 is 16.0 Å². The number of ether oxygens (including phenoxy) is 1. The molecule has 17 heteroatoms. The van der Waals surface area contributed by atoms with E-state index < -0.39 is 23.9 Å².